The molecule has 0 radical (unpaired) electrons. The maximum Gasteiger partial charge on any atom is 0.223 e. The molecular formula is C14H18N2O2. The zero-order chi connectivity index (χ0) is 13.4. The number of hydrogen-bond acceptors (Lipinski definition) is 3. The molecule has 18 heavy (non-hydrogen) atoms. The fourth-order valence-corrected chi connectivity index (χ4v) is 1.45. The van der Waals surface area contributed by atoms with E-state index in [4.69, 9.17) is 10.00 Å². The molecule has 0 saturated carbocycles. The van der Waals surface area contributed by atoms with Gasteiger partial charge in [-0.3, -0.25) is 4.79 Å². The van der Waals surface area contributed by atoms with E-state index < -0.39 is 0 Å². The second-order valence-corrected chi connectivity index (χ2v) is 4.30. The second-order valence-electron chi connectivity index (χ2n) is 4.30. The van der Waals surface area contributed by atoms with E-state index in [1.165, 1.54) is 0 Å². The molecule has 4 nitrogen and oxygen atoms in total. The van der Waals surface area contributed by atoms with Gasteiger partial charge >= 0.3 is 0 Å². The van der Waals surface area contributed by atoms with Crippen molar-refractivity contribution in [1.82, 2.24) is 5.32 Å². The lowest BCUT2D eigenvalue weighted by Crippen LogP contribution is -2.31. The molecule has 0 atom stereocenters. The monoisotopic (exact) mass is 246 g/mol. The first kappa shape index (κ1) is 14.0. The highest BCUT2D eigenvalue weighted by molar-refractivity contribution is 5.76. The van der Waals surface area contributed by atoms with Gasteiger partial charge in [0, 0.05) is 6.04 Å². The summed E-state index contributed by atoms with van der Waals surface area (Å²) < 4.78 is 5.45. The van der Waals surface area contributed by atoms with Crippen LogP contribution in [0, 0.1) is 11.3 Å². The van der Waals surface area contributed by atoms with Crippen molar-refractivity contribution in [3.05, 3.63) is 29.8 Å². The van der Waals surface area contributed by atoms with Crippen LogP contribution in [0.3, 0.4) is 0 Å². The molecule has 0 aliphatic heterocycles. The van der Waals surface area contributed by atoms with E-state index in [0.717, 1.165) is 5.56 Å². The lowest BCUT2D eigenvalue weighted by Gasteiger charge is -2.09. The van der Waals surface area contributed by atoms with Gasteiger partial charge < -0.3 is 10.1 Å². The number of rotatable bonds is 6. The first-order valence-corrected chi connectivity index (χ1v) is 6.00. The largest absolute Gasteiger partial charge is 0.493 e. The summed E-state index contributed by atoms with van der Waals surface area (Å²) in [4.78, 5) is 11.4. The van der Waals surface area contributed by atoms with Gasteiger partial charge in [0.15, 0.2) is 0 Å². The normalized spacial score (nSPS) is 9.89. The summed E-state index contributed by atoms with van der Waals surface area (Å²) >= 11 is 0. The van der Waals surface area contributed by atoms with Crippen LogP contribution in [-0.4, -0.2) is 18.6 Å². The molecule has 0 heterocycles. The smallest absolute Gasteiger partial charge is 0.223 e. The average Bonchev–Trinajstić information content (AvgIpc) is 2.31. The molecule has 1 aromatic rings. The predicted molar refractivity (Wildman–Crippen MR) is 69.1 cm³/mol. The standard InChI is InChI=1S/C14H18N2O2/c1-11(2)16-14(17)8-10-18-13-5-3-12(4-6-13)7-9-15/h3-6,11H,7-8,10H2,1-2H3,(H,16,17). The maximum absolute atomic E-state index is 11.4. The minimum absolute atomic E-state index is 0.00824. The first-order valence-electron chi connectivity index (χ1n) is 6.00. The number of hydrogen-bond donors (Lipinski definition) is 1. The molecule has 0 aliphatic rings. The zero-order valence-electron chi connectivity index (χ0n) is 10.8. The fraction of sp³-hybridized carbons (Fsp3) is 0.429. The highest BCUT2D eigenvalue weighted by Crippen LogP contribution is 2.12. The Morgan fingerprint density at radius 1 is 1.39 bits per heavy atom. The Bertz CT molecular complexity index is 418. The number of carbonyl (C=O) groups is 1. The van der Waals surface area contributed by atoms with Gasteiger partial charge in [-0.15, -0.1) is 0 Å². The van der Waals surface area contributed by atoms with Gasteiger partial charge in [0.1, 0.15) is 5.75 Å². The van der Waals surface area contributed by atoms with Gasteiger partial charge in [-0.1, -0.05) is 12.1 Å². The third-order valence-corrected chi connectivity index (χ3v) is 2.25. The van der Waals surface area contributed by atoms with E-state index in [9.17, 15) is 4.79 Å². The predicted octanol–water partition coefficient (Wildman–Crippen LogP) is 2.05. The molecule has 0 fully saturated rings. The Kier molecular flexibility index (Phi) is 5.72. The van der Waals surface area contributed by atoms with Gasteiger partial charge in [-0.2, -0.15) is 5.26 Å². The Morgan fingerprint density at radius 3 is 2.61 bits per heavy atom. The topological polar surface area (TPSA) is 62.1 Å². The van der Waals surface area contributed by atoms with Crippen LogP contribution in [-0.2, 0) is 11.2 Å². The SMILES string of the molecule is CC(C)NC(=O)CCOc1ccc(CC#N)cc1. The Hall–Kier alpha value is -2.02. The quantitative estimate of drug-likeness (QED) is 0.835. The van der Waals surface area contributed by atoms with Gasteiger partial charge in [0.25, 0.3) is 0 Å². The Balaban J connectivity index is 2.31. The number of nitriles is 1. The van der Waals surface area contributed by atoms with E-state index in [2.05, 4.69) is 11.4 Å². The van der Waals surface area contributed by atoms with Gasteiger partial charge in [-0.25, -0.2) is 0 Å². The summed E-state index contributed by atoms with van der Waals surface area (Å²) in [6, 6.07) is 9.57. The lowest BCUT2D eigenvalue weighted by molar-refractivity contribution is -0.122. The van der Waals surface area contributed by atoms with E-state index >= 15 is 0 Å². The van der Waals surface area contributed by atoms with Crippen LogP contribution in [0.15, 0.2) is 24.3 Å². The summed E-state index contributed by atoms with van der Waals surface area (Å²) in [6.07, 6.45) is 0.745. The molecule has 0 unspecified atom stereocenters. The molecule has 0 bridgehead atoms. The highest BCUT2D eigenvalue weighted by atomic mass is 16.5. The number of nitrogens with zero attached hydrogens (tertiary/aromatic N) is 1. The molecule has 1 amide bonds. The summed E-state index contributed by atoms with van der Waals surface area (Å²) in [5.41, 5.74) is 0.961. The molecule has 4 heteroatoms. The van der Waals surface area contributed by atoms with E-state index in [0.29, 0.717) is 25.2 Å². The van der Waals surface area contributed by atoms with Crippen molar-refractivity contribution in [1.29, 1.82) is 5.26 Å². The zero-order valence-corrected chi connectivity index (χ0v) is 10.8. The van der Waals surface area contributed by atoms with Crippen LogP contribution < -0.4 is 10.1 Å². The number of ether oxygens (including phenoxy) is 1. The van der Waals surface area contributed by atoms with Gasteiger partial charge in [0.2, 0.25) is 5.91 Å². The van der Waals surface area contributed by atoms with Crippen molar-refractivity contribution in [3.8, 4) is 11.8 Å². The molecule has 96 valence electrons. The van der Waals surface area contributed by atoms with Crippen LogP contribution in [0.2, 0.25) is 0 Å². The summed E-state index contributed by atoms with van der Waals surface area (Å²) in [5.74, 6) is 0.708. The summed E-state index contributed by atoms with van der Waals surface area (Å²) in [6.45, 7) is 4.20. The van der Waals surface area contributed by atoms with Crippen LogP contribution in [0.1, 0.15) is 25.8 Å². The molecule has 0 saturated heterocycles. The number of amides is 1. The maximum atomic E-state index is 11.4. The van der Waals surface area contributed by atoms with E-state index in [1.807, 2.05) is 38.1 Å². The van der Waals surface area contributed by atoms with Crippen molar-refractivity contribution >= 4 is 5.91 Å². The van der Waals surface area contributed by atoms with Crippen molar-refractivity contribution < 1.29 is 9.53 Å². The Morgan fingerprint density at radius 2 is 2.06 bits per heavy atom. The van der Waals surface area contributed by atoms with E-state index in [-0.39, 0.29) is 11.9 Å². The number of nitrogens with one attached hydrogen (secondary N) is 1. The molecule has 0 aliphatic carbocycles. The van der Waals surface area contributed by atoms with Crippen molar-refractivity contribution in [2.75, 3.05) is 6.61 Å². The minimum Gasteiger partial charge on any atom is -0.493 e. The number of carbonyl (C=O) groups excluding carboxylic acids is 1. The van der Waals surface area contributed by atoms with E-state index in [1.54, 1.807) is 0 Å². The van der Waals surface area contributed by atoms with Gasteiger partial charge in [0.05, 0.1) is 25.5 Å². The lowest BCUT2D eigenvalue weighted by atomic mass is 10.2. The van der Waals surface area contributed by atoms with Crippen molar-refractivity contribution in [2.45, 2.75) is 32.7 Å². The third kappa shape index (κ3) is 5.35. The molecular weight excluding hydrogens is 228 g/mol. The fourth-order valence-electron chi connectivity index (χ4n) is 1.45. The Labute approximate surface area is 108 Å². The van der Waals surface area contributed by atoms with Crippen LogP contribution in [0.25, 0.3) is 0 Å². The van der Waals surface area contributed by atoms with Crippen LogP contribution in [0.4, 0.5) is 0 Å². The molecule has 1 aromatic carbocycles. The summed E-state index contributed by atoms with van der Waals surface area (Å²) in [5, 5.41) is 11.3. The van der Waals surface area contributed by atoms with Crippen LogP contribution in [0.5, 0.6) is 5.75 Å². The van der Waals surface area contributed by atoms with Gasteiger partial charge in [-0.05, 0) is 31.5 Å². The summed E-state index contributed by atoms with van der Waals surface area (Å²) in [7, 11) is 0. The molecule has 1 N–H and O–H groups in total. The van der Waals surface area contributed by atoms with Crippen molar-refractivity contribution in [3.63, 3.8) is 0 Å². The highest BCUT2D eigenvalue weighted by Gasteiger charge is 2.03. The molecule has 1 rings (SSSR count). The molecule has 0 aromatic heterocycles. The molecule has 0 spiro atoms. The average molecular weight is 246 g/mol. The third-order valence-electron chi connectivity index (χ3n) is 2.25. The second kappa shape index (κ2) is 7.33. The van der Waals surface area contributed by atoms with Crippen molar-refractivity contribution in [2.24, 2.45) is 0 Å². The van der Waals surface area contributed by atoms with Crippen LogP contribution >= 0.6 is 0 Å². The minimum atomic E-state index is -0.00824. The number of benzene rings is 1. The first-order chi connectivity index (χ1) is 8.61.